The predicted octanol–water partition coefficient (Wildman–Crippen LogP) is 13.8. The van der Waals surface area contributed by atoms with Crippen LogP contribution in [0.15, 0.2) is 182 Å². The van der Waals surface area contributed by atoms with E-state index in [2.05, 4.69) is 207 Å². The van der Waals surface area contributed by atoms with Gasteiger partial charge in [-0.05, 0) is 134 Å². The van der Waals surface area contributed by atoms with E-state index in [0.29, 0.717) is 0 Å². The molecule has 12 rings (SSSR count). The van der Waals surface area contributed by atoms with Crippen LogP contribution in [0.25, 0.3) is 77.7 Å². The van der Waals surface area contributed by atoms with E-state index < -0.39 is 0 Å². The number of benzene rings is 6. The van der Waals surface area contributed by atoms with Gasteiger partial charge in [0.25, 0.3) is 0 Å². The summed E-state index contributed by atoms with van der Waals surface area (Å²) in [6.45, 7) is 0. The maximum Gasteiger partial charge on any atom is 0.0631 e. The van der Waals surface area contributed by atoms with Gasteiger partial charge in [0, 0.05) is 61.4 Å². The van der Waals surface area contributed by atoms with Crippen LogP contribution in [0.4, 0.5) is 11.4 Å². The fourth-order valence-electron chi connectivity index (χ4n) is 9.73. The van der Waals surface area contributed by atoms with Gasteiger partial charge in [-0.15, -0.1) is 0 Å². The lowest BCUT2D eigenvalue weighted by atomic mass is 10.0. The van der Waals surface area contributed by atoms with Gasteiger partial charge in [-0.25, -0.2) is 0 Å². The first-order valence-corrected chi connectivity index (χ1v) is 20.3. The first-order valence-electron chi connectivity index (χ1n) is 20.3. The van der Waals surface area contributed by atoms with Gasteiger partial charge in [-0.3, -0.25) is 0 Å². The molecule has 0 atom stereocenters. The fraction of sp³-hybridized carbons (Fsp3) is 0.0741. The molecule has 0 saturated heterocycles. The summed E-state index contributed by atoms with van der Waals surface area (Å²) in [4.78, 5) is 2.45. The zero-order chi connectivity index (χ0) is 38.2. The largest absolute Gasteiger partial charge is 0.314 e. The number of aryl methyl sites for hydroxylation is 1. The zero-order valence-electron chi connectivity index (χ0n) is 31.9. The molecule has 7 aromatic carbocycles. The summed E-state index contributed by atoms with van der Waals surface area (Å²) in [5, 5.41) is 6.22. The molecule has 10 aromatic rings. The number of rotatable bonds is 6. The van der Waals surface area contributed by atoms with Crippen LogP contribution >= 0.6 is 0 Å². The highest BCUT2D eigenvalue weighted by molar-refractivity contribution is 6.10. The van der Waals surface area contributed by atoms with Crippen molar-refractivity contribution in [2.24, 2.45) is 0 Å². The van der Waals surface area contributed by atoms with Crippen molar-refractivity contribution in [3.8, 4) is 11.4 Å². The van der Waals surface area contributed by atoms with Gasteiger partial charge in [0.1, 0.15) is 0 Å². The van der Waals surface area contributed by atoms with Crippen LogP contribution in [0.5, 0.6) is 0 Å². The van der Waals surface area contributed by atoms with Gasteiger partial charge < -0.3 is 18.6 Å². The second kappa shape index (κ2) is 13.0. The van der Waals surface area contributed by atoms with Crippen molar-refractivity contribution in [1.29, 1.82) is 0 Å². The molecule has 0 N–H and O–H groups in total. The molecule has 2 aliphatic carbocycles. The number of hydrogen-bond donors (Lipinski definition) is 0. The van der Waals surface area contributed by atoms with E-state index in [-0.39, 0.29) is 0 Å². The molecule has 0 unspecified atom stereocenters. The van der Waals surface area contributed by atoms with E-state index in [9.17, 15) is 0 Å². The van der Waals surface area contributed by atoms with Crippen molar-refractivity contribution in [3.05, 3.63) is 205 Å². The summed E-state index contributed by atoms with van der Waals surface area (Å²) in [5.74, 6) is 0. The lowest BCUT2D eigenvalue weighted by Gasteiger charge is -2.30. The molecule has 0 aliphatic heterocycles. The maximum absolute atomic E-state index is 3.38. The zero-order valence-corrected chi connectivity index (χ0v) is 31.9. The van der Waals surface area contributed by atoms with Crippen molar-refractivity contribution < 1.29 is 0 Å². The smallest absolute Gasteiger partial charge is 0.0631 e. The summed E-state index contributed by atoms with van der Waals surface area (Å²) in [6, 6.07) is 63.9. The summed E-state index contributed by atoms with van der Waals surface area (Å²) in [6.07, 6.45) is 13.3. The number of anilines is 2. The minimum atomic E-state index is 0.899. The lowest BCUT2D eigenvalue weighted by Crippen LogP contribution is -2.18. The van der Waals surface area contributed by atoms with E-state index in [1.807, 2.05) is 6.07 Å². The van der Waals surface area contributed by atoms with Crippen LogP contribution in [0.1, 0.15) is 30.5 Å². The molecule has 0 amide bonds. The minimum Gasteiger partial charge on any atom is -0.314 e. The second-order valence-electron chi connectivity index (χ2n) is 15.4. The highest BCUT2D eigenvalue weighted by Crippen LogP contribution is 2.41. The molecule has 4 nitrogen and oxygen atoms in total. The Balaban J connectivity index is 0.985. The number of fused-ring (bicyclic) bond motifs is 9. The third kappa shape index (κ3) is 4.97. The van der Waals surface area contributed by atoms with Crippen LogP contribution in [-0.2, 0) is 6.42 Å². The normalized spacial score (nSPS) is 13.9. The first-order chi connectivity index (χ1) is 28.8. The first kappa shape index (κ1) is 32.7. The van der Waals surface area contributed by atoms with Gasteiger partial charge >= 0.3 is 0 Å². The average Bonchev–Trinajstić information content (AvgIpc) is 3.93. The summed E-state index contributed by atoms with van der Waals surface area (Å²) < 4.78 is 7.24. The van der Waals surface area contributed by atoms with Crippen molar-refractivity contribution in [2.45, 2.75) is 25.7 Å². The fourth-order valence-corrected chi connectivity index (χ4v) is 9.73. The maximum atomic E-state index is 3.38. The Labute approximate surface area is 337 Å². The van der Waals surface area contributed by atoms with Crippen molar-refractivity contribution in [3.63, 3.8) is 0 Å². The van der Waals surface area contributed by atoms with Gasteiger partial charge in [0.05, 0.1) is 33.0 Å². The van der Waals surface area contributed by atoms with Crippen molar-refractivity contribution >= 4 is 77.7 Å². The molecular formula is C54H38N4. The highest BCUT2D eigenvalue weighted by Gasteiger charge is 2.23. The van der Waals surface area contributed by atoms with E-state index in [4.69, 9.17) is 0 Å². The molecule has 0 spiro atoms. The highest BCUT2D eigenvalue weighted by atomic mass is 15.2. The molecule has 274 valence electrons. The number of nitrogens with zero attached hydrogens (tertiary/aromatic N) is 4. The molecule has 3 aromatic heterocycles. The van der Waals surface area contributed by atoms with E-state index >= 15 is 0 Å². The molecule has 0 fully saturated rings. The predicted molar refractivity (Wildman–Crippen MR) is 242 cm³/mol. The van der Waals surface area contributed by atoms with Crippen LogP contribution in [-0.4, -0.2) is 13.7 Å². The molecule has 3 heterocycles. The Kier molecular flexibility index (Phi) is 7.36. The second-order valence-corrected chi connectivity index (χ2v) is 15.4. The third-order valence-corrected chi connectivity index (χ3v) is 12.3. The van der Waals surface area contributed by atoms with Gasteiger partial charge in [0.2, 0.25) is 0 Å². The summed E-state index contributed by atoms with van der Waals surface area (Å²) in [5.41, 5.74) is 15.9. The quantitative estimate of drug-likeness (QED) is 0.166. The SMILES string of the molecule is c1ccc2c(c#1)c1ccccc1n2-c1ccc(N(C2=CC=C(n3c4ccccc4c4ccccc43)CC2)c2ccc(-n3c4c(c5ccccc53)CCC=C4)cc2)cc1. The summed E-state index contributed by atoms with van der Waals surface area (Å²) in [7, 11) is 0. The Bertz CT molecular complexity index is 3220. The van der Waals surface area contributed by atoms with Gasteiger partial charge in [-0.1, -0.05) is 91.0 Å². The van der Waals surface area contributed by atoms with Gasteiger partial charge in [0.15, 0.2) is 0 Å². The number of aromatic nitrogens is 3. The van der Waals surface area contributed by atoms with Gasteiger partial charge in [-0.2, -0.15) is 0 Å². The van der Waals surface area contributed by atoms with E-state index in [0.717, 1.165) is 53.6 Å². The Morgan fingerprint density at radius 3 is 1.67 bits per heavy atom. The van der Waals surface area contributed by atoms with Crippen LogP contribution in [0.3, 0.4) is 0 Å². The molecule has 0 radical (unpaired) electrons. The van der Waals surface area contributed by atoms with Crippen LogP contribution in [0.2, 0.25) is 0 Å². The molecular weight excluding hydrogens is 705 g/mol. The molecule has 58 heavy (non-hydrogen) atoms. The third-order valence-electron chi connectivity index (χ3n) is 12.3. The Morgan fingerprint density at radius 1 is 0.466 bits per heavy atom. The van der Waals surface area contributed by atoms with E-state index in [1.54, 1.807) is 0 Å². The standard InChI is InChI=1S/C54H38N4/c1-7-19-49-43(13-1)44-14-2-8-20-50(44)56(49)40-31-25-37(26-32-40)55(38-27-33-41(34-28-38)57-51-21-9-3-15-45(51)46-16-4-10-22-52(46)57)39-29-35-42(36-30-39)58-53-23-11-5-17-47(53)48-18-6-12-24-54(48)58/h1-3,5,7-15,17,19-25,27-31,33-36H,4,16,26,32H2. The lowest BCUT2D eigenvalue weighted by molar-refractivity contribution is 0.894. The Morgan fingerprint density at radius 2 is 1.03 bits per heavy atom. The van der Waals surface area contributed by atoms with Crippen molar-refractivity contribution in [1.82, 2.24) is 13.7 Å². The number of allylic oxidation sites excluding steroid dienone is 5. The summed E-state index contributed by atoms with van der Waals surface area (Å²) >= 11 is 0. The van der Waals surface area contributed by atoms with Crippen LogP contribution in [0, 0.1) is 12.1 Å². The van der Waals surface area contributed by atoms with Crippen molar-refractivity contribution in [2.75, 3.05) is 4.90 Å². The van der Waals surface area contributed by atoms with Crippen LogP contribution < -0.4 is 4.90 Å². The molecule has 2 aliphatic rings. The van der Waals surface area contributed by atoms with E-state index in [1.165, 1.54) is 72.0 Å². The number of para-hydroxylation sites is 4. The topological polar surface area (TPSA) is 18.0 Å². The molecule has 4 heteroatoms. The molecule has 0 saturated carbocycles. The number of hydrogen-bond acceptors (Lipinski definition) is 1. The Hall–Kier alpha value is -7.48. The molecule has 0 bridgehead atoms. The minimum absolute atomic E-state index is 0.899. The average molecular weight is 743 g/mol. The monoisotopic (exact) mass is 742 g/mol.